The molecular weight excluding hydrogens is 316 g/mol. The van der Waals surface area contributed by atoms with Crippen LogP contribution >= 0.6 is 12.2 Å². The van der Waals surface area contributed by atoms with E-state index in [1.165, 1.54) is 24.9 Å². The zero-order chi connectivity index (χ0) is 16.6. The molecule has 1 aliphatic heterocycles. The molecule has 0 radical (unpaired) electrons. The van der Waals surface area contributed by atoms with E-state index in [4.69, 9.17) is 12.2 Å². The number of hydrogen-bond donors (Lipinski definition) is 2. The van der Waals surface area contributed by atoms with Crippen molar-refractivity contribution in [3.63, 3.8) is 0 Å². The van der Waals surface area contributed by atoms with Crippen LogP contribution in [-0.2, 0) is 0 Å². The average Bonchev–Trinajstić information content (AvgIpc) is 2.64. The lowest BCUT2D eigenvalue weighted by atomic mass is 10.1. The molecule has 0 unspecified atom stereocenters. The van der Waals surface area contributed by atoms with Crippen molar-refractivity contribution < 1.29 is 0 Å². The van der Waals surface area contributed by atoms with Gasteiger partial charge in [-0.3, -0.25) is 5.43 Å². The van der Waals surface area contributed by atoms with Crippen molar-refractivity contribution in [2.24, 2.45) is 5.10 Å². The van der Waals surface area contributed by atoms with Crippen LogP contribution in [0, 0.1) is 0 Å². The van der Waals surface area contributed by atoms with Gasteiger partial charge in [-0.25, -0.2) is 0 Å². The number of para-hydroxylation sites is 1. The highest BCUT2D eigenvalue weighted by atomic mass is 32.1. The molecule has 1 saturated heterocycles. The molecule has 0 saturated carbocycles. The second-order valence-electron chi connectivity index (χ2n) is 5.83. The number of nitrogens with zero attached hydrogens (tertiary/aromatic N) is 2. The Morgan fingerprint density at radius 3 is 2.38 bits per heavy atom. The Labute approximate surface area is 148 Å². The lowest BCUT2D eigenvalue weighted by molar-refractivity contribution is 0.578. The zero-order valence-corrected chi connectivity index (χ0v) is 14.4. The Balaban J connectivity index is 1.50. The summed E-state index contributed by atoms with van der Waals surface area (Å²) in [7, 11) is 0. The van der Waals surface area contributed by atoms with Gasteiger partial charge in [0, 0.05) is 24.5 Å². The maximum absolute atomic E-state index is 5.21. The number of hydrazone groups is 1. The van der Waals surface area contributed by atoms with Crippen molar-refractivity contribution in [2.45, 2.75) is 19.3 Å². The molecule has 1 fully saturated rings. The van der Waals surface area contributed by atoms with E-state index in [0.717, 1.165) is 24.3 Å². The molecule has 0 spiro atoms. The number of nitrogens with one attached hydrogen (secondary N) is 2. The molecule has 2 aromatic rings. The van der Waals surface area contributed by atoms with E-state index in [2.05, 4.69) is 45.0 Å². The lowest BCUT2D eigenvalue weighted by Gasteiger charge is -2.28. The molecule has 1 aliphatic rings. The fraction of sp³-hybridized carbons (Fsp3) is 0.263. The maximum Gasteiger partial charge on any atom is 0.191 e. The van der Waals surface area contributed by atoms with Gasteiger partial charge in [0.25, 0.3) is 0 Å². The van der Waals surface area contributed by atoms with Crippen molar-refractivity contribution in [3.05, 3.63) is 60.2 Å². The van der Waals surface area contributed by atoms with Gasteiger partial charge in [-0.1, -0.05) is 30.3 Å². The molecule has 2 N–H and O–H groups in total. The molecule has 2 aromatic carbocycles. The Hall–Kier alpha value is -2.40. The van der Waals surface area contributed by atoms with E-state index >= 15 is 0 Å². The first-order valence-corrected chi connectivity index (χ1v) is 8.72. The lowest BCUT2D eigenvalue weighted by Crippen LogP contribution is -2.29. The summed E-state index contributed by atoms with van der Waals surface area (Å²) < 4.78 is 0. The fourth-order valence-electron chi connectivity index (χ4n) is 2.77. The van der Waals surface area contributed by atoms with E-state index in [1.54, 1.807) is 6.21 Å². The molecular formula is C19H22N4S. The molecule has 5 heteroatoms. The summed E-state index contributed by atoms with van der Waals surface area (Å²) in [5, 5.41) is 7.74. The van der Waals surface area contributed by atoms with Crippen molar-refractivity contribution in [1.82, 2.24) is 5.43 Å². The first-order valence-electron chi connectivity index (χ1n) is 8.31. The van der Waals surface area contributed by atoms with Crippen LogP contribution in [0.15, 0.2) is 59.7 Å². The van der Waals surface area contributed by atoms with Crippen LogP contribution in [0.5, 0.6) is 0 Å². The summed E-state index contributed by atoms with van der Waals surface area (Å²) in [6.45, 7) is 2.32. The predicted octanol–water partition coefficient (Wildman–Crippen LogP) is 4.00. The van der Waals surface area contributed by atoms with Crippen LogP contribution in [0.4, 0.5) is 11.4 Å². The summed E-state index contributed by atoms with van der Waals surface area (Å²) in [6.07, 6.45) is 5.71. The zero-order valence-electron chi connectivity index (χ0n) is 13.6. The second kappa shape index (κ2) is 8.45. The predicted molar refractivity (Wildman–Crippen MR) is 106 cm³/mol. The van der Waals surface area contributed by atoms with Crippen LogP contribution in [0.1, 0.15) is 24.8 Å². The van der Waals surface area contributed by atoms with Gasteiger partial charge in [0.15, 0.2) is 5.11 Å². The van der Waals surface area contributed by atoms with Crippen LogP contribution in [-0.4, -0.2) is 24.4 Å². The highest BCUT2D eigenvalue weighted by Crippen LogP contribution is 2.19. The molecule has 124 valence electrons. The molecule has 0 aromatic heterocycles. The van der Waals surface area contributed by atoms with Crippen molar-refractivity contribution in [3.8, 4) is 0 Å². The molecule has 3 rings (SSSR count). The minimum absolute atomic E-state index is 0.474. The first-order chi connectivity index (χ1) is 11.8. The van der Waals surface area contributed by atoms with E-state index in [1.807, 2.05) is 30.3 Å². The standard InChI is InChI=1S/C19H22N4S/c24-19(21-17-7-3-1-4-8-17)22-20-15-16-9-11-18(12-10-16)23-13-5-2-6-14-23/h1,3-4,7-12,15H,2,5-6,13-14H2,(H2,21,22,24)/b20-15-. The fourth-order valence-corrected chi connectivity index (χ4v) is 2.94. The van der Waals surface area contributed by atoms with Gasteiger partial charge in [-0.2, -0.15) is 5.10 Å². The average molecular weight is 338 g/mol. The van der Waals surface area contributed by atoms with Gasteiger partial charge >= 0.3 is 0 Å². The Kier molecular flexibility index (Phi) is 5.80. The molecule has 24 heavy (non-hydrogen) atoms. The van der Waals surface area contributed by atoms with Crippen LogP contribution in [0.25, 0.3) is 0 Å². The van der Waals surface area contributed by atoms with E-state index in [0.29, 0.717) is 5.11 Å². The Bertz CT molecular complexity index is 676. The summed E-state index contributed by atoms with van der Waals surface area (Å²) >= 11 is 5.21. The summed E-state index contributed by atoms with van der Waals surface area (Å²) in [5.74, 6) is 0. The summed E-state index contributed by atoms with van der Waals surface area (Å²) in [6, 6.07) is 18.3. The van der Waals surface area contributed by atoms with E-state index in [9.17, 15) is 0 Å². The summed E-state index contributed by atoms with van der Waals surface area (Å²) in [5.41, 5.74) is 6.12. The molecule has 0 amide bonds. The number of thiocarbonyl (C=S) groups is 1. The number of benzene rings is 2. The van der Waals surface area contributed by atoms with Gasteiger partial charge in [-0.15, -0.1) is 0 Å². The summed E-state index contributed by atoms with van der Waals surface area (Å²) in [4.78, 5) is 2.45. The number of anilines is 2. The normalized spacial score (nSPS) is 14.6. The maximum atomic E-state index is 5.21. The van der Waals surface area contributed by atoms with E-state index in [-0.39, 0.29) is 0 Å². The van der Waals surface area contributed by atoms with Crippen LogP contribution < -0.4 is 15.6 Å². The second-order valence-corrected chi connectivity index (χ2v) is 6.24. The third kappa shape index (κ3) is 4.80. The first kappa shape index (κ1) is 16.5. The van der Waals surface area contributed by atoms with Crippen LogP contribution in [0.2, 0.25) is 0 Å². The van der Waals surface area contributed by atoms with Gasteiger partial charge in [-0.05, 0) is 61.3 Å². The molecule has 1 heterocycles. The largest absolute Gasteiger partial charge is 0.372 e. The SMILES string of the molecule is S=C(N/N=C\c1ccc(N2CCCCC2)cc1)Nc1ccccc1. The monoisotopic (exact) mass is 338 g/mol. The molecule has 0 aliphatic carbocycles. The molecule has 0 atom stereocenters. The van der Waals surface area contributed by atoms with Crippen LogP contribution in [0.3, 0.4) is 0 Å². The van der Waals surface area contributed by atoms with Crippen molar-refractivity contribution in [2.75, 3.05) is 23.3 Å². The Morgan fingerprint density at radius 2 is 1.67 bits per heavy atom. The topological polar surface area (TPSA) is 39.7 Å². The van der Waals surface area contributed by atoms with Crippen molar-refractivity contribution >= 4 is 34.9 Å². The van der Waals surface area contributed by atoms with Gasteiger partial charge in [0.05, 0.1) is 6.21 Å². The van der Waals surface area contributed by atoms with Gasteiger partial charge in [0.2, 0.25) is 0 Å². The minimum Gasteiger partial charge on any atom is -0.372 e. The Morgan fingerprint density at radius 1 is 0.958 bits per heavy atom. The molecule has 0 bridgehead atoms. The third-order valence-corrected chi connectivity index (χ3v) is 4.22. The third-order valence-electron chi connectivity index (χ3n) is 4.03. The quantitative estimate of drug-likeness (QED) is 0.502. The van der Waals surface area contributed by atoms with E-state index < -0.39 is 0 Å². The molecule has 4 nitrogen and oxygen atoms in total. The number of rotatable bonds is 4. The van der Waals surface area contributed by atoms with Gasteiger partial charge < -0.3 is 10.2 Å². The number of hydrogen-bond acceptors (Lipinski definition) is 3. The number of piperidine rings is 1. The minimum atomic E-state index is 0.474. The highest BCUT2D eigenvalue weighted by Gasteiger charge is 2.10. The highest BCUT2D eigenvalue weighted by molar-refractivity contribution is 7.80. The van der Waals surface area contributed by atoms with Crippen molar-refractivity contribution in [1.29, 1.82) is 0 Å². The smallest absolute Gasteiger partial charge is 0.191 e. The van der Waals surface area contributed by atoms with Gasteiger partial charge in [0.1, 0.15) is 0 Å².